The summed E-state index contributed by atoms with van der Waals surface area (Å²) < 4.78 is 10.2. The third-order valence-electron chi connectivity index (χ3n) is 2.82. The van der Waals surface area contributed by atoms with Gasteiger partial charge in [-0.3, -0.25) is 4.79 Å². The standard InChI is InChI=1S/C16H14O5/c1-20-12-7-8-13(14(9-12)21-10-15(17)18)16(19)11-5-3-2-4-6-11/h2-9H,10H2,1H3,(H,17,18). The monoisotopic (exact) mass is 286 g/mol. The zero-order valence-electron chi connectivity index (χ0n) is 11.4. The van der Waals surface area contributed by atoms with E-state index in [-0.39, 0.29) is 11.5 Å². The second-order valence-electron chi connectivity index (χ2n) is 4.24. The van der Waals surface area contributed by atoms with Crippen molar-refractivity contribution in [1.29, 1.82) is 0 Å². The fraction of sp³-hybridized carbons (Fsp3) is 0.125. The molecule has 2 rings (SSSR count). The Kier molecular flexibility index (Phi) is 4.56. The van der Waals surface area contributed by atoms with Crippen molar-refractivity contribution >= 4 is 11.8 Å². The van der Waals surface area contributed by atoms with Crippen LogP contribution in [0.3, 0.4) is 0 Å². The van der Waals surface area contributed by atoms with E-state index in [1.54, 1.807) is 36.4 Å². The van der Waals surface area contributed by atoms with Crippen LogP contribution < -0.4 is 9.47 Å². The van der Waals surface area contributed by atoms with Crippen molar-refractivity contribution in [2.45, 2.75) is 0 Å². The van der Waals surface area contributed by atoms with Crippen LogP contribution in [0.1, 0.15) is 15.9 Å². The number of benzene rings is 2. The third kappa shape index (κ3) is 3.60. The van der Waals surface area contributed by atoms with Crippen molar-refractivity contribution in [3.05, 3.63) is 59.7 Å². The molecule has 0 aromatic heterocycles. The van der Waals surface area contributed by atoms with Crippen LogP contribution >= 0.6 is 0 Å². The largest absolute Gasteiger partial charge is 0.497 e. The summed E-state index contributed by atoms with van der Waals surface area (Å²) in [5.41, 5.74) is 0.797. The Morgan fingerprint density at radius 2 is 1.81 bits per heavy atom. The van der Waals surface area contributed by atoms with E-state index >= 15 is 0 Å². The maximum atomic E-state index is 12.4. The van der Waals surface area contributed by atoms with Gasteiger partial charge in [0.15, 0.2) is 12.4 Å². The molecule has 2 aromatic rings. The minimum absolute atomic E-state index is 0.186. The quantitative estimate of drug-likeness (QED) is 0.825. The van der Waals surface area contributed by atoms with Gasteiger partial charge < -0.3 is 14.6 Å². The van der Waals surface area contributed by atoms with E-state index in [1.807, 2.05) is 6.07 Å². The van der Waals surface area contributed by atoms with E-state index in [1.165, 1.54) is 13.2 Å². The smallest absolute Gasteiger partial charge is 0.341 e. The number of hydrogen-bond acceptors (Lipinski definition) is 4. The molecule has 0 saturated heterocycles. The van der Waals surface area contributed by atoms with Gasteiger partial charge in [-0.25, -0.2) is 4.79 Å². The zero-order chi connectivity index (χ0) is 15.2. The summed E-state index contributed by atoms with van der Waals surface area (Å²) in [6.07, 6.45) is 0. The number of hydrogen-bond donors (Lipinski definition) is 1. The first kappa shape index (κ1) is 14.6. The molecular weight excluding hydrogens is 272 g/mol. The second-order valence-corrected chi connectivity index (χ2v) is 4.24. The van der Waals surface area contributed by atoms with Crippen LogP contribution in [-0.2, 0) is 4.79 Å². The average molecular weight is 286 g/mol. The fourth-order valence-electron chi connectivity index (χ4n) is 1.82. The van der Waals surface area contributed by atoms with Crippen LogP contribution in [-0.4, -0.2) is 30.6 Å². The lowest BCUT2D eigenvalue weighted by Gasteiger charge is -2.11. The molecule has 0 bridgehead atoms. The number of aliphatic carboxylic acids is 1. The summed E-state index contributed by atoms with van der Waals surface area (Å²) in [5.74, 6) is -0.680. The first-order valence-electron chi connectivity index (χ1n) is 6.24. The topological polar surface area (TPSA) is 72.8 Å². The number of carbonyl (C=O) groups excluding carboxylic acids is 1. The molecule has 0 aliphatic rings. The number of carbonyl (C=O) groups is 2. The summed E-state index contributed by atoms with van der Waals surface area (Å²) in [5, 5.41) is 8.71. The lowest BCUT2D eigenvalue weighted by atomic mass is 10.0. The van der Waals surface area contributed by atoms with Gasteiger partial charge in [-0.05, 0) is 12.1 Å². The van der Waals surface area contributed by atoms with Crippen molar-refractivity contribution in [3.63, 3.8) is 0 Å². The summed E-state index contributed by atoms with van der Waals surface area (Å²) in [6, 6.07) is 13.4. The van der Waals surface area contributed by atoms with Gasteiger partial charge >= 0.3 is 5.97 Å². The van der Waals surface area contributed by atoms with Crippen LogP contribution in [0.4, 0.5) is 0 Å². The molecule has 2 aromatic carbocycles. The molecule has 0 aliphatic heterocycles. The van der Waals surface area contributed by atoms with E-state index in [2.05, 4.69) is 0 Å². The minimum Gasteiger partial charge on any atom is -0.497 e. The Balaban J connectivity index is 2.37. The van der Waals surface area contributed by atoms with E-state index in [4.69, 9.17) is 14.6 Å². The van der Waals surface area contributed by atoms with Gasteiger partial charge in [-0.1, -0.05) is 30.3 Å². The van der Waals surface area contributed by atoms with Crippen molar-refractivity contribution < 1.29 is 24.2 Å². The summed E-state index contributed by atoms with van der Waals surface area (Å²) >= 11 is 0. The molecule has 0 fully saturated rings. The van der Waals surface area contributed by atoms with E-state index < -0.39 is 12.6 Å². The number of carboxylic acids is 1. The molecule has 0 heterocycles. The highest BCUT2D eigenvalue weighted by Crippen LogP contribution is 2.27. The molecule has 0 spiro atoms. The van der Waals surface area contributed by atoms with Gasteiger partial charge in [0.25, 0.3) is 0 Å². The highest BCUT2D eigenvalue weighted by Gasteiger charge is 2.16. The van der Waals surface area contributed by atoms with Gasteiger partial charge in [0.1, 0.15) is 11.5 Å². The molecule has 5 nitrogen and oxygen atoms in total. The molecule has 0 unspecified atom stereocenters. The van der Waals surface area contributed by atoms with Gasteiger partial charge in [-0.2, -0.15) is 0 Å². The molecule has 1 N–H and O–H groups in total. The van der Waals surface area contributed by atoms with E-state index in [0.29, 0.717) is 16.9 Å². The Bertz CT molecular complexity index is 649. The molecule has 0 radical (unpaired) electrons. The number of rotatable bonds is 6. The normalized spacial score (nSPS) is 9.95. The zero-order valence-corrected chi connectivity index (χ0v) is 11.4. The van der Waals surface area contributed by atoms with E-state index in [9.17, 15) is 9.59 Å². The van der Waals surface area contributed by atoms with Gasteiger partial charge in [0.05, 0.1) is 12.7 Å². The predicted octanol–water partition coefficient (Wildman–Crippen LogP) is 2.39. The first-order chi connectivity index (χ1) is 10.1. The van der Waals surface area contributed by atoms with Crippen molar-refractivity contribution in [3.8, 4) is 11.5 Å². The van der Waals surface area contributed by atoms with E-state index in [0.717, 1.165) is 0 Å². The Morgan fingerprint density at radius 3 is 2.43 bits per heavy atom. The molecule has 108 valence electrons. The van der Waals surface area contributed by atoms with Gasteiger partial charge in [0, 0.05) is 11.6 Å². The third-order valence-corrected chi connectivity index (χ3v) is 2.82. The maximum absolute atomic E-state index is 12.4. The highest BCUT2D eigenvalue weighted by atomic mass is 16.5. The molecule has 0 aliphatic carbocycles. The Hall–Kier alpha value is -2.82. The number of carboxylic acid groups (broad SMARTS) is 1. The van der Waals surface area contributed by atoms with Gasteiger partial charge in [-0.15, -0.1) is 0 Å². The van der Waals surface area contributed by atoms with Crippen LogP contribution in [0.5, 0.6) is 11.5 Å². The molecule has 0 amide bonds. The summed E-state index contributed by atoms with van der Waals surface area (Å²) in [4.78, 5) is 23.1. The van der Waals surface area contributed by atoms with Crippen LogP contribution in [0.25, 0.3) is 0 Å². The predicted molar refractivity (Wildman–Crippen MR) is 76.0 cm³/mol. The Labute approximate surface area is 121 Å². The molecule has 21 heavy (non-hydrogen) atoms. The van der Waals surface area contributed by atoms with Crippen molar-refractivity contribution in [1.82, 2.24) is 0 Å². The van der Waals surface area contributed by atoms with Crippen LogP contribution in [0.15, 0.2) is 48.5 Å². The van der Waals surface area contributed by atoms with Crippen molar-refractivity contribution in [2.24, 2.45) is 0 Å². The highest BCUT2D eigenvalue weighted by molar-refractivity contribution is 6.10. The van der Waals surface area contributed by atoms with Crippen LogP contribution in [0, 0.1) is 0 Å². The summed E-state index contributed by atoms with van der Waals surface area (Å²) in [6.45, 7) is -0.526. The minimum atomic E-state index is -1.11. The maximum Gasteiger partial charge on any atom is 0.341 e. The molecule has 0 atom stereocenters. The number of ether oxygens (including phenoxy) is 2. The summed E-state index contributed by atoms with van der Waals surface area (Å²) in [7, 11) is 1.48. The lowest BCUT2D eigenvalue weighted by Crippen LogP contribution is -2.12. The van der Waals surface area contributed by atoms with Gasteiger partial charge in [0.2, 0.25) is 0 Å². The first-order valence-corrected chi connectivity index (χ1v) is 6.24. The number of ketones is 1. The van der Waals surface area contributed by atoms with Crippen LogP contribution in [0.2, 0.25) is 0 Å². The Morgan fingerprint density at radius 1 is 1.10 bits per heavy atom. The SMILES string of the molecule is COc1ccc(C(=O)c2ccccc2)c(OCC(=O)O)c1. The lowest BCUT2D eigenvalue weighted by molar-refractivity contribution is -0.139. The number of methoxy groups -OCH3 is 1. The molecule has 0 saturated carbocycles. The molecule has 5 heteroatoms. The average Bonchev–Trinajstić information content (AvgIpc) is 2.52. The van der Waals surface area contributed by atoms with Crippen molar-refractivity contribution in [2.75, 3.05) is 13.7 Å². The second kappa shape index (κ2) is 6.56. The fourth-order valence-corrected chi connectivity index (χ4v) is 1.82. The molecular formula is C16H14O5.